The third kappa shape index (κ3) is 7.72. The molecule has 180 valence electrons. The molecule has 0 N–H and O–H groups in total. The molecule has 0 aliphatic heterocycles. The fraction of sp³-hybridized carbons (Fsp3) is 0.276. The number of hydrogen-bond acceptors (Lipinski definition) is 6. The largest absolute Gasteiger partial charge is 0.494 e. The van der Waals surface area contributed by atoms with E-state index in [1.165, 1.54) is 0 Å². The van der Waals surface area contributed by atoms with Crippen LogP contribution in [0.2, 0.25) is 0 Å². The Labute approximate surface area is 206 Å². The Hall–Kier alpha value is -4.11. The molecule has 0 aliphatic rings. The number of carbonyl (C=O) groups excluding carboxylic acids is 2. The van der Waals surface area contributed by atoms with Gasteiger partial charge < -0.3 is 14.2 Å². The molecular formula is C29H29NO5. The highest BCUT2D eigenvalue weighted by Crippen LogP contribution is 2.23. The number of rotatable bonds is 11. The SMILES string of the molecule is CCC(C)C(=O)OCCCCOc1ccc(C(=O)Oc2ccc(-c3ccc(C#N)cc3)cc2)cc1. The van der Waals surface area contributed by atoms with Crippen molar-refractivity contribution >= 4 is 11.9 Å². The Kier molecular flexibility index (Phi) is 9.44. The Balaban J connectivity index is 1.42. The van der Waals surface area contributed by atoms with Crippen molar-refractivity contribution in [2.24, 2.45) is 5.92 Å². The number of nitrogens with zero attached hydrogens (tertiary/aromatic N) is 1. The van der Waals surface area contributed by atoms with Gasteiger partial charge in [0.2, 0.25) is 0 Å². The molecule has 0 spiro atoms. The van der Waals surface area contributed by atoms with Gasteiger partial charge in [-0.1, -0.05) is 38.1 Å². The zero-order valence-corrected chi connectivity index (χ0v) is 20.0. The second-order valence-electron chi connectivity index (χ2n) is 8.16. The molecule has 0 amide bonds. The van der Waals surface area contributed by atoms with Crippen molar-refractivity contribution in [3.63, 3.8) is 0 Å². The van der Waals surface area contributed by atoms with Crippen molar-refractivity contribution in [1.29, 1.82) is 5.26 Å². The quantitative estimate of drug-likeness (QED) is 0.188. The standard InChI is InChI=1S/C29H29NO5/c1-3-21(2)28(31)34-19-5-4-18-33-26-14-12-25(13-15-26)29(32)35-27-16-10-24(11-17-27)23-8-6-22(20-30)7-9-23/h6-17,21H,3-5,18-19H2,1-2H3. The summed E-state index contributed by atoms with van der Waals surface area (Å²) in [6.07, 6.45) is 2.27. The van der Waals surface area contributed by atoms with Gasteiger partial charge in [-0.25, -0.2) is 4.79 Å². The van der Waals surface area contributed by atoms with Crippen molar-refractivity contribution in [3.05, 3.63) is 83.9 Å². The number of esters is 2. The highest BCUT2D eigenvalue weighted by Gasteiger charge is 2.11. The average Bonchev–Trinajstić information content (AvgIpc) is 2.90. The molecule has 6 heteroatoms. The minimum absolute atomic E-state index is 0.0651. The molecular weight excluding hydrogens is 442 g/mol. The van der Waals surface area contributed by atoms with Crippen LogP contribution in [0.1, 0.15) is 49.0 Å². The van der Waals surface area contributed by atoms with Gasteiger partial charge in [0.1, 0.15) is 11.5 Å². The second-order valence-corrected chi connectivity index (χ2v) is 8.16. The van der Waals surface area contributed by atoms with Gasteiger partial charge in [-0.2, -0.15) is 5.26 Å². The molecule has 0 aromatic heterocycles. The van der Waals surface area contributed by atoms with Gasteiger partial charge in [0.05, 0.1) is 36.3 Å². The van der Waals surface area contributed by atoms with E-state index < -0.39 is 5.97 Å². The van der Waals surface area contributed by atoms with E-state index in [1.807, 2.05) is 38.1 Å². The van der Waals surface area contributed by atoms with Crippen molar-refractivity contribution in [2.45, 2.75) is 33.1 Å². The third-order valence-electron chi connectivity index (χ3n) is 5.57. The van der Waals surface area contributed by atoms with Gasteiger partial charge in [0.15, 0.2) is 0 Å². The summed E-state index contributed by atoms with van der Waals surface area (Å²) in [4.78, 5) is 24.1. The van der Waals surface area contributed by atoms with Crippen LogP contribution in [0.5, 0.6) is 11.5 Å². The molecule has 35 heavy (non-hydrogen) atoms. The van der Waals surface area contributed by atoms with Crippen molar-refractivity contribution in [1.82, 2.24) is 0 Å². The zero-order valence-electron chi connectivity index (χ0n) is 20.0. The average molecular weight is 472 g/mol. The lowest BCUT2D eigenvalue weighted by Gasteiger charge is -2.10. The molecule has 3 aromatic rings. The molecule has 1 atom stereocenters. The van der Waals surface area contributed by atoms with Crippen LogP contribution in [0, 0.1) is 17.2 Å². The summed E-state index contributed by atoms with van der Waals surface area (Å²) in [6, 6.07) is 23.4. The van der Waals surface area contributed by atoms with Gasteiger partial charge in [0.25, 0.3) is 0 Å². The maximum atomic E-state index is 12.5. The number of nitriles is 1. The molecule has 0 saturated carbocycles. The number of unbranched alkanes of at least 4 members (excludes halogenated alkanes) is 1. The molecule has 3 rings (SSSR count). The third-order valence-corrected chi connectivity index (χ3v) is 5.57. The summed E-state index contributed by atoms with van der Waals surface area (Å²) in [5.74, 6) is 0.431. The zero-order chi connectivity index (χ0) is 25.0. The van der Waals surface area contributed by atoms with Crippen LogP contribution in [0.15, 0.2) is 72.8 Å². The van der Waals surface area contributed by atoms with Crippen molar-refractivity contribution < 1.29 is 23.8 Å². The van der Waals surface area contributed by atoms with E-state index in [4.69, 9.17) is 19.5 Å². The van der Waals surface area contributed by atoms with Crippen molar-refractivity contribution in [3.8, 4) is 28.7 Å². The normalized spacial score (nSPS) is 11.2. The molecule has 0 aliphatic carbocycles. The van der Waals surface area contributed by atoms with Crippen LogP contribution in [-0.2, 0) is 9.53 Å². The topological polar surface area (TPSA) is 85.6 Å². The van der Waals surface area contributed by atoms with Crippen LogP contribution in [0.3, 0.4) is 0 Å². The highest BCUT2D eigenvalue weighted by molar-refractivity contribution is 5.91. The van der Waals surface area contributed by atoms with Crippen LogP contribution in [0.4, 0.5) is 0 Å². The molecule has 0 saturated heterocycles. The first-order valence-corrected chi connectivity index (χ1v) is 11.7. The number of carbonyl (C=O) groups is 2. The molecule has 1 unspecified atom stereocenters. The van der Waals surface area contributed by atoms with Crippen LogP contribution in [-0.4, -0.2) is 25.2 Å². The lowest BCUT2D eigenvalue weighted by Crippen LogP contribution is -2.15. The first-order chi connectivity index (χ1) is 17.0. The minimum Gasteiger partial charge on any atom is -0.494 e. The number of ether oxygens (including phenoxy) is 3. The van der Waals surface area contributed by atoms with Crippen molar-refractivity contribution in [2.75, 3.05) is 13.2 Å². The molecule has 0 heterocycles. The summed E-state index contributed by atoms with van der Waals surface area (Å²) in [6.45, 7) is 4.71. The molecule has 0 bridgehead atoms. The first kappa shape index (κ1) is 25.5. The van der Waals surface area contributed by atoms with Gasteiger partial charge in [0, 0.05) is 0 Å². The fourth-order valence-corrected chi connectivity index (χ4v) is 3.18. The fourth-order valence-electron chi connectivity index (χ4n) is 3.18. The predicted octanol–water partition coefficient (Wildman–Crippen LogP) is 6.19. The van der Waals surface area contributed by atoms with E-state index in [0.29, 0.717) is 35.8 Å². The highest BCUT2D eigenvalue weighted by atomic mass is 16.5. The van der Waals surface area contributed by atoms with Crippen LogP contribution < -0.4 is 9.47 Å². The summed E-state index contributed by atoms with van der Waals surface area (Å²) < 4.78 is 16.4. The molecule has 6 nitrogen and oxygen atoms in total. The Morgan fingerprint density at radius 3 is 2.00 bits per heavy atom. The van der Waals surface area contributed by atoms with E-state index >= 15 is 0 Å². The van der Waals surface area contributed by atoms with Gasteiger partial charge in [-0.3, -0.25) is 4.79 Å². The maximum absolute atomic E-state index is 12.5. The van der Waals surface area contributed by atoms with E-state index in [0.717, 1.165) is 30.4 Å². The second kappa shape index (κ2) is 13.0. The summed E-state index contributed by atoms with van der Waals surface area (Å²) in [5.41, 5.74) is 2.97. The van der Waals surface area contributed by atoms with Gasteiger partial charge >= 0.3 is 11.9 Å². The first-order valence-electron chi connectivity index (χ1n) is 11.7. The lowest BCUT2D eigenvalue weighted by atomic mass is 10.0. The Morgan fingerprint density at radius 1 is 0.829 bits per heavy atom. The summed E-state index contributed by atoms with van der Waals surface area (Å²) in [7, 11) is 0. The maximum Gasteiger partial charge on any atom is 0.343 e. The number of benzene rings is 3. The van der Waals surface area contributed by atoms with E-state index in [-0.39, 0.29) is 11.9 Å². The van der Waals surface area contributed by atoms with Gasteiger partial charge in [-0.15, -0.1) is 0 Å². The molecule has 0 radical (unpaired) electrons. The number of hydrogen-bond donors (Lipinski definition) is 0. The van der Waals surface area contributed by atoms with E-state index in [1.54, 1.807) is 48.5 Å². The van der Waals surface area contributed by atoms with Crippen LogP contribution >= 0.6 is 0 Å². The minimum atomic E-state index is -0.453. The Bertz CT molecular complexity index is 1150. The molecule has 0 fully saturated rings. The van der Waals surface area contributed by atoms with E-state index in [9.17, 15) is 9.59 Å². The smallest absolute Gasteiger partial charge is 0.343 e. The van der Waals surface area contributed by atoms with Crippen LogP contribution in [0.25, 0.3) is 11.1 Å². The summed E-state index contributed by atoms with van der Waals surface area (Å²) >= 11 is 0. The lowest BCUT2D eigenvalue weighted by molar-refractivity contribution is -0.148. The predicted molar refractivity (Wildman–Crippen MR) is 133 cm³/mol. The Morgan fingerprint density at radius 2 is 1.40 bits per heavy atom. The van der Waals surface area contributed by atoms with Gasteiger partial charge in [-0.05, 0) is 78.9 Å². The summed E-state index contributed by atoms with van der Waals surface area (Å²) in [5, 5.41) is 8.91. The molecule has 3 aromatic carbocycles. The monoisotopic (exact) mass is 471 g/mol. The van der Waals surface area contributed by atoms with E-state index in [2.05, 4.69) is 6.07 Å².